The SMILES string of the molecule is N#Cc1ccc(-n2ncc3sccc3c2=O)cc1. The lowest BCUT2D eigenvalue weighted by Crippen LogP contribution is -2.20. The number of aromatic nitrogens is 2. The summed E-state index contributed by atoms with van der Waals surface area (Å²) in [6.45, 7) is 0. The molecule has 0 N–H and O–H groups in total. The summed E-state index contributed by atoms with van der Waals surface area (Å²) in [6, 6.07) is 10.6. The van der Waals surface area contributed by atoms with Crippen molar-refractivity contribution in [3.8, 4) is 11.8 Å². The van der Waals surface area contributed by atoms with Gasteiger partial charge in [0.05, 0.1) is 33.6 Å². The molecule has 0 fully saturated rings. The molecule has 0 aliphatic carbocycles. The molecule has 0 saturated heterocycles. The second-order valence-corrected chi connectivity index (χ2v) is 4.67. The highest BCUT2D eigenvalue weighted by Crippen LogP contribution is 2.16. The minimum atomic E-state index is -0.140. The van der Waals surface area contributed by atoms with E-state index in [1.807, 2.05) is 11.4 Å². The van der Waals surface area contributed by atoms with Gasteiger partial charge in [-0.05, 0) is 35.7 Å². The van der Waals surface area contributed by atoms with E-state index >= 15 is 0 Å². The molecule has 0 unspecified atom stereocenters. The molecule has 0 bridgehead atoms. The number of hydrogen-bond donors (Lipinski definition) is 0. The topological polar surface area (TPSA) is 58.7 Å². The van der Waals surface area contributed by atoms with Gasteiger partial charge < -0.3 is 0 Å². The summed E-state index contributed by atoms with van der Waals surface area (Å²) in [5.74, 6) is 0. The molecule has 0 aliphatic rings. The van der Waals surface area contributed by atoms with Crippen LogP contribution in [0.25, 0.3) is 15.8 Å². The van der Waals surface area contributed by atoms with Crippen LogP contribution in [-0.2, 0) is 0 Å². The number of rotatable bonds is 1. The van der Waals surface area contributed by atoms with Crippen molar-refractivity contribution in [1.29, 1.82) is 5.26 Å². The molecule has 86 valence electrons. The molecule has 3 aromatic rings. The maximum absolute atomic E-state index is 12.2. The third kappa shape index (κ3) is 1.60. The van der Waals surface area contributed by atoms with E-state index in [0.29, 0.717) is 16.6 Å². The van der Waals surface area contributed by atoms with Gasteiger partial charge in [0.25, 0.3) is 5.56 Å². The minimum Gasteiger partial charge on any atom is -0.267 e. The summed E-state index contributed by atoms with van der Waals surface area (Å²) in [5.41, 5.74) is 1.08. The van der Waals surface area contributed by atoms with E-state index in [0.717, 1.165) is 4.70 Å². The van der Waals surface area contributed by atoms with Crippen LogP contribution in [0.1, 0.15) is 5.56 Å². The molecule has 0 atom stereocenters. The van der Waals surface area contributed by atoms with Crippen LogP contribution >= 0.6 is 11.3 Å². The number of nitrogens with zero attached hydrogens (tertiary/aromatic N) is 3. The highest BCUT2D eigenvalue weighted by molar-refractivity contribution is 7.17. The number of nitriles is 1. The van der Waals surface area contributed by atoms with Crippen molar-refractivity contribution in [2.24, 2.45) is 0 Å². The summed E-state index contributed by atoms with van der Waals surface area (Å²) >= 11 is 1.49. The predicted molar refractivity (Wildman–Crippen MR) is 69.9 cm³/mol. The Morgan fingerprint density at radius 2 is 2.00 bits per heavy atom. The molecule has 0 amide bonds. The molecule has 1 aromatic carbocycles. The van der Waals surface area contributed by atoms with Crippen molar-refractivity contribution < 1.29 is 0 Å². The molecule has 2 heterocycles. The van der Waals surface area contributed by atoms with E-state index in [9.17, 15) is 4.79 Å². The van der Waals surface area contributed by atoms with E-state index in [1.54, 1.807) is 36.5 Å². The van der Waals surface area contributed by atoms with Crippen LogP contribution in [-0.4, -0.2) is 9.78 Å². The Bertz CT molecular complexity index is 809. The monoisotopic (exact) mass is 253 g/mol. The van der Waals surface area contributed by atoms with E-state index in [-0.39, 0.29) is 5.56 Å². The molecule has 0 spiro atoms. The normalized spacial score (nSPS) is 10.4. The first-order valence-electron chi connectivity index (χ1n) is 5.26. The van der Waals surface area contributed by atoms with Crippen molar-refractivity contribution in [1.82, 2.24) is 9.78 Å². The van der Waals surface area contributed by atoms with E-state index in [4.69, 9.17) is 5.26 Å². The summed E-state index contributed by atoms with van der Waals surface area (Å²) in [4.78, 5) is 12.2. The van der Waals surface area contributed by atoms with Crippen LogP contribution in [0.15, 0.2) is 46.7 Å². The van der Waals surface area contributed by atoms with E-state index < -0.39 is 0 Å². The number of thiophene rings is 1. The Kier molecular flexibility index (Phi) is 2.43. The smallest absolute Gasteiger partial charge is 0.267 e. The Balaban J connectivity index is 2.22. The molecular formula is C13H7N3OS. The second-order valence-electron chi connectivity index (χ2n) is 3.72. The molecule has 0 radical (unpaired) electrons. The highest BCUT2D eigenvalue weighted by atomic mass is 32.1. The zero-order valence-electron chi connectivity index (χ0n) is 9.20. The van der Waals surface area contributed by atoms with Crippen molar-refractivity contribution in [3.63, 3.8) is 0 Å². The number of fused-ring (bicyclic) bond motifs is 1. The van der Waals surface area contributed by atoms with Gasteiger partial charge in [-0.2, -0.15) is 15.0 Å². The molecule has 2 aromatic heterocycles. The maximum atomic E-state index is 12.2. The minimum absolute atomic E-state index is 0.140. The fourth-order valence-electron chi connectivity index (χ4n) is 1.74. The fraction of sp³-hybridized carbons (Fsp3) is 0. The van der Waals surface area contributed by atoms with Gasteiger partial charge in [-0.3, -0.25) is 4.79 Å². The Hall–Kier alpha value is -2.45. The summed E-state index contributed by atoms with van der Waals surface area (Å²) in [7, 11) is 0. The third-order valence-electron chi connectivity index (χ3n) is 2.65. The molecular weight excluding hydrogens is 246 g/mol. The average molecular weight is 253 g/mol. The van der Waals surface area contributed by atoms with Crippen molar-refractivity contribution in [3.05, 3.63) is 57.8 Å². The van der Waals surface area contributed by atoms with Crippen LogP contribution in [0.5, 0.6) is 0 Å². The standard InChI is InChI=1S/C13H7N3OS/c14-7-9-1-3-10(4-2-9)16-13(17)11-5-6-18-12(11)8-15-16/h1-6,8H. The Labute approximate surface area is 106 Å². The predicted octanol–water partition coefficient (Wildman–Crippen LogP) is 2.32. The molecule has 5 heteroatoms. The lowest BCUT2D eigenvalue weighted by atomic mass is 10.2. The largest absolute Gasteiger partial charge is 0.280 e. The summed E-state index contributed by atoms with van der Waals surface area (Å²) in [5, 5.41) is 15.4. The Morgan fingerprint density at radius 1 is 1.22 bits per heavy atom. The lowest BCUT2D eigenvalue weighted by Gasteiger charge is -2.03. The molecule has 4 nitrogen and oxygen atoms in total. The fourth-order valence-corrected chi connectivity index (χ4v) is 2.48. The van der Waals surface area contributed by atoms with Gasteiger partial charge in [-0.25, -0.2) is 0 Å². The second kappa shape index (κ2) is 4.09. The average Bonchev–Trinajstić information content (AvgIpc) is 2.89. The lowest BCUT2D eigenvalue weighted by molar-refractivity contribution is 0.822. The van der Waals surface area contributed by atoms with Crippen LogP contribution in [0.2, 0.25) is 0 Å². The first-order valence-corrected chi connectivity index (χ1v) is 6.13. The molecule has 18 heavy (non-hydrogen) atoms. The number of benzene rings is 1. The van der Waals surface area contributed by atoms with Crippen LogP contribution in [0, 0.1) is 11.3 Å². The van der Waals surface area contributed by atoms with E-state index in [2.05, 4.69) is 5.10 Å². The third-order valence-corrected chi connectivity index (χ3v) is 3.50. The molecule has 0 aliphatic heterocycles. The zero-order valence-corrected chi connectivity index (χ0v) is 10.0. The highest BCUT2D eigenvalue weighted by Gasteiger charge is 2.06. The molecule has 0 saturated carbocycles. The molecule has 3 rings (SSSR count). The first kappa shape index (κ1) is 10.7. The maximum Gasteiger partial charge on any atom is 0.280 e. The van der Waals surface area contributed by atoms with Crippen molar-refractivity contribution >= 4 is 21.4 Å². The van der Waals surface area contributed by atoms with E-state index in [1.165, 1.54) is 16.0 Å². The van der Waals surface area contributed by atoms with Gasteiger partial charge in [-0.15, -0.1) is 11.3 Å². The van der Waals surface area contributed by atoms with Crippen molar-refractivity contribution in [2.75, 3.05) is 0 Å². The van der Waals surface area contributed by atoms with Gasteiger partial charge in [0.15, 0.2) is 0 Å². The van der Waals surface area contributed by atoms with Crippen LogP contribution in [0.3, 0.4) is 0 Å². The summed E-state index contributed by atoms with van der Waals surface area (Å²) < 4.78 is 2.22. The van der Waals surface area contributed by atoms with Gasteiger partial charge in [0, 0.05) is 0 Å². The quantitative estimate of drug-likeness (QED) is 0.668. The van der Waals surface area contributed by atoms with Crippen molar-refractivity contribution in [2.45, 2.75) is 0 Å². The Morgan fingerprint density at radius 3 is 2.72 bits per heavy atom. The number of hydrogen-bond acceptors (Lipinski definition) is 4. The summed E-state index contributed by atoms with van der Waals surface area (Å²) in [6.07, 6.45) is 1.68. The van der Waals surface area contributed by atoms with Crippen LogP contribution in [0.4, 0.5) is 0 Å². The van der Waals surface area contributed by atoms with Gasteiger partial charge in [0.1, 0.15) is 0 Å². The van der Waals surface area contributed by atoms with Gasteiger partial charge >= 0.3 is 0 Å². The van der Waals surface area contributed by atoms with Crippen LogP contribution < -0.4 is 5.56 Å². The van der Waals surface area contributed by atoms with Gasteiger partial charge in [-0.1, -0.05) is 0 Å². The first-order chi connectivity index (χ1) is 8.79. The zero-order chi connectivity index (χ0) is 12.5. The van der Waals surface area contributed by atoms with Gasteiger partial charge in [0.2, 0.25) is 0 Å².